The number of rotatable bonds is 33. The van der Waals surface area contributed by atoms with Crippen molar-refractivity contribution >= 4 is 27.5 Å². The lowest BCUT2D eigenvalue weighted by Crippen LogP contribution is -2.65. The highest BCUT2D eigenvalue weighted by Gasteiger charge is 2.78. The maximum absolute atomic E-state index is 13.4. The van der Waals surface area contributed by atoms with Gasteiger partial charge in [-0.1, -0.05) is 129 Å². The van der Waals surface area contributed by atoms with Crippen molar-refractivity contribution < 1.29 is 92.2 Å². The zero-order valence-electron chi connectivity index (χ0n) is 36.8. The van der Waals surface area contributed by atoms with Gasteiger partial charge in [-0.15, -0.1) is 0 Å². The Labute approximate surface area is 370 Å². The van der Waals surface area contributed by atoms with Gasteiger partial charge >= 0.3 is 15.6 Å². The summed E-state index contributed by atoms with van der Waals surface area (Å²) in [6.45, 7) is 2.47. The second kappa shape index (κ2) is 27.6. The van der Waals surface area contributed by atoms with E-state index in [9.17, 15) is 68.9 Å². The van der Waals surface area contributed by atoms with Crippen LogP contribution in [0.15, 0.2) is 0 Å². The number of carbonyl (C=O) groups is 2. The third kappa shape index (κ3) is 18.8. The Bertz CT molecular complexity index is 1440. The Morgan fingerprint density at radius 2 is 1.19 bits per heavy atom. The first-order valence-corrected chi connectivity index (χ1v) is 25.9. The Kier molecular flexibility index (Phi) is 24.6. The first-order valence-electron chi connectivity index (χ1n) is 22.9. The molecule has 6 unspecified atom stereocenters. The average molecular weight is 951 g/mol. The van der Waals surface area contributed by atoms with Gasteiger partial charge in [0.1, 0.15) is 48.7 Å². The molecule has 3 heterocycles. The Morgan fingerprint density at radius 3 is 1.67 bits per heavy atom. The van der Waals surface area contributed by atoms with Gasteiger partial charge in [-0.05, 0) is 12.8 Å². The van der Waals surface area contributed by atoms with E-state index >= 15 is 0 Å². The van der Waals surface area contributed by atoms with Gasteiger partial charge in [0, 0.05) is 0 Å². The molecular weight excluding hydrogens is 874 g/mol. The zero-order valence-corrected chi connectivity index (χ0v) is 38.6. The molecule has 3 saturated heterocycles. The van der Waals surface area contributed by atoms with E-state index in [1.165, 1.54) is 38.5 Å². The first kappa shape index (κ1) is 56.1. The highest BCUT2D eigenvalue weighted by atomic mass is 31.2. The number of aliphatic hydroxyl groups excluding tert-OH is 6. The molecule has 0 aromatic rings. The van der Waals surface area contributed by atoms with Crippen LogP contribution in [0.25, 0.3) is 0 Å². The average Bonchev–Trinajstić information content (AvgIpc) is 3.85. The summed E-state index contributed by atoms with van der Waals surface area (Å²) in [5.74, 6) is -4.33. The molecule has 3 aliphatic rings. The normalized spacial score (nSPS) is 29.6. The van der Waals surface area contributed by atoms with Crippen molar-refractivity contribution in [3.63, 3.8) is 0 Å². The van der Waals surface area contributed by atoms with Gasteiger partial charge in [-0.2, -0.15) is 0 Å². The summed E-state index contributed by atoms with van der Waals surface area (Å²) >= 11 is 0. The number of phosphoric acid groups is 2. The maximum Gasteiger partial charge on any atom is 0.473 e. The number of amides is 2. The summed E-state index contributed by atoms with van der Waals surface area (Å²) < 4.78 is 50.7. The van der Waals surface area contributed by atoms with E-state index in [2.05, 4.69) is 19.2 Å². The highest BCUT2D eigenvalue weighted by molar-refractivity contribution is 7.46. The predicted molar refractivity (Wildman–Crippen MR) is 225 cm³/mol. The fraction of sp³-hybridized carbons (Fsp3) is 0.950. The SMILES string of the molecule is CCCCCCCCCCC[C@@H](O)CC(=O)NC1C(O)[C@H](OP(=O)(O)O)C(CO)O[C@H]1OCC1O[C@@]2(OP(=O)(O)O)C(C(O)[C@@H]1O)N2C(=O)C[C@H](O)CCCCCCCCCCC. The van der Waals surface area contributed by atoms with Crippen LogP contribution in [0.5, 0.6) is 0 Å². The largest absolute Gasteiger partial charge is 0.473 e. The highest BCUT2D eigenvalue weighted by Crippen LogP contribution is 2.58. The number of ether oxygens (including phenoxy) is 3. The number of unbranched alkanes of at least 4 members (excludes halogenated alkanes) is 16. The molecule has 0 saturated carbocycles. The molecule has 12 atom stereocenters. The topological polar surface area (TPSA) is 332 Å². The van der Waals surface area contributed by atoms with E-state index in [0.29, 0.717) is 24.2 Å². The molecule has 0 aromatic carbocycles. The third-order valence-corrected chi connectivity index (χ3v) is 12.8. The Morgan fingerprint density at radius 1 is 0.698 bits per heavy atom. The number of nitrogens with zero attached hydrogens (tertiary/aromatic N) is 1. The van der Waals surface area contributed by atoms with E-state index in [4.69, 9.17) is 23.3 Å². The summed E-state index contributed by atoms with van der Waals surface area (Å²) in [6, 6.07) is -3.32. The van der Waals surface area contributed by atoms with Crippen LogP contribution < -0.4 is 5.32 Å². The summed E-state index contributed by atoms with van der Waals surface area (Å²) in [4.78, 5) is 65.9. The molecule has 0 aliphatic carbocycles. The van der Waals surface area contributed by atoms with E-state index < -0.39 is 127 Å². The van der Waals surface area contributed by atoms with Crippen LogP contribution in [-0.2, 0) is 42.0 Å². The standard InChI is InChI=1S/C40H76N2O19P2/c1-3-5-7-9-11-13-15-17-19-21-27(44)23-31(46)41-33-35(49)37(60-62(51,52)53)29(25-43)58-39(33)57-26-30-34(48)36(50)38-40(59-30,61-63(54,55)56)42(38)32(47)24-28(45)22-20-18-16-14-12-10-8-6-4-2/h27-30,33-39,43-45,48-50H,3-26H2,1-2H3,(H,41,46)(H2,51,52,53)(H2,54,55,56)/t27-,28-,29?,30?,33?,34-,35?,36?,37-,38?,39-,40-,42?/m1/s1. The van der Waals surface area contributed by atoms with Crippen molar-refractivity contribution in [1.29, 1.82) is 0 Å². The van der Waals surface area contributed by atoms with E-state index in [1.807, 2.05) is 0 Å². The van der Waals surface area contributed by atoms with E-state index in [0.717, 1.165) is 64.2 Å². The smallest absolute Gasteiger partial charge is 0.394 e. The summed E-state index contributed by atoms with van der Waals surface area (Å²) in [5.41, 5.74) is 0. The van der Waals surface area contributed by atoms with Gasteiger partial charge < -0.3 is 69.7 Å². The molecule has 0 spiro atoms. The van der Waals surface area contributed by atoms with E-state index in [-0.39, 0.29) is 6.42 Å². The molecule has 23 heteroatoms. The predicted octanol–water partition coefficient (Wildman–Crippen LogP) is 2.48. The molecule has 0 radical (unpaired) electrons. The van der Waals surface area contributed by atoms with Gasteiger partial charge in [0.25, 0.3) is 5.91 Å². The fourth-order valence-electron chi connectivity index (χ4n) is 8.40. The molecule has 3 rings (SSSR count). The van der Waals surface area contributed by atoms with Crippen LogP contribution in [0, 0.1) is 0 Å². The summed E-state index contributed by atoms with van der Waals surface area (Å²) in [7, 11) is -10.8. The minimum Gasteiger partial charge on any atom is -0.394 e. The third-order valence-electron chi connectivity index (χ3n) is 11.8. The monoisotopic (exact) mass is 950 g/mol. The second-order valence-electron chi connectivity index (χ2n) is 17.2. The summed E-state index contributed by atoms with van der Waals surface area (Å²) in [5, 5.41) is 67.1. The van der Waals surface area contributed by atoms with Crippen molar-refractivity contribution in [3.8, 4) is 0 Å². The van der Waals surface area contributed by atoms with Crippen molar-refractivity contribution in [2.75, 3.05) is 13.2 Å². The lowest BCUT2D eigenvalue weighted by atomic mass is 9.96. The first-order chi connectivity index (χ1) is 29.8. The maximum atomic E-state index is 13.4. The van der Waals surface area contributed by atoms with Gasteiger partial charge in [0.15, 0.2) is 6.29 Å². The van der Waals surface area contributed by atoms with Crippen LogP contribution in [0.3, 0.4) is 0 Å². The van der Waals surface area contributed by atoms with E-state index in [1.54, 1.807) is 0 Å². The molecule has 3 aliphatic heterocycles. The van der Waals surface area contributed by atoms with Crippen LogP contribution in [0.2, 0.25) is 0 Å². The molecule has 63 heavy (non-hydrogen) atoms. The van der Waals surface area contributed by atoms with Crippen LogP contribution in [0.1, 0.15) is 155 Å². The van der Waals surface area contributed by atoms with Crippen LogP contribution >= 0.6 is 15.6 Å². The van der Waals surface area contributed by atoms with Gasteiger partial charge in [0.2, 0.25) is 11.8 Å². The number of aliphatic hydroxyl groups is 6. The molecule has 0 aromatic heterocycles. The van der Waals surface area contributed by atoms with Gasteiger partial charge in [-0.25, -0.2) is 13.7 Å². The van der Waals surface area contributed by atoms with Crippen LogP contribution in [0.4, 0.5) is 0 Å². The van der Waals surface area contributed by atoms with Crippen molar-refractivity contribution in [1.82, 2.24) is 10.2 Å². The number of carbonyl (C=O) groups excluding carboxylic acids is 2. The minimum absolute atomic E-state index is 0.257. The van der Waals surface area contributed by atoms with Crippen LogP contribution in [-0.4, -0.2) is 153 Å². The number of nitrogens with one attached hydrogen (secondary N) is 1. The summed E-state index contributed by atoms with van der Waals surface area (Å²) in [6.07, 6.45) is 3.05. The molecule has 370 valence electrons. The number of hydrogen-bond acceptors (Lipinski definition) is 15. The molecule has 2 amide bonds. The molecule has 0 bridgehead atoms. The van der Waals surface area contributed by atoms with Crippen molar-refractivity contribution in [2.24, 2.45) is 0 Å². The Hall–Kier alpha value is -1.20. The second-order valence-corrected chi connectivity index (χ2v) is 19.6. The quantitative estimate of drug-likeness (QED) is 0.0256. The number of hydrogen-bond donors (Lipinski definition) is 11. The van der Waals surface area contributed by atoms with Gasteiger partial charge in [-0.3, -0.25) is 19.0 Å². The number of fused-ring (bicyclic) bond motifs is 1. The lowest BCUT2D eigenvalue weighted by molar-refractivity contribution is -0.294. The lowest BCUT2D eigenvalue weighted by Gasteiger charge is -2.44. The van der Waals surface area contributed by atoms with Gasteiger partial charge in [0.05, 0.1) is 38.3 Å². The molecule has 3 fully saturated rings. The van der Waals surface area contributed by atoms with Crippen molar-refractivity contribution in [3.05, 3.63) is 0 Å². The zero-order chi connectivity index (χ0) is 46.8. The number of phosphoric ester groups is 2. The Balaban J connectivity index is 1.66. The fourth-order valence-corrected chi connectivity index (χ4v) is 9.56. The minimum atomic E-state index is -5.47. The molecule has 21 nitrogen and oxygen atoms in total. The molecule has 11 N–H and O–H groups in total. The van der Waals surface area contributed by atoms with Crippen molar-refractivity contribution in [2.45, 2.75) is 228 Å². The molecular formula is C40H76N2O19P2.